The lowest BCUT2D eigenvalue weighted by molar-refractivity contribution is -0.138. The number of hydrogen-bond acceptors (Lipinski definition) is 2. The summed E-state index contributed by atoms with van der Waals surface area (Å²) in [5.41, 5.74) is 0. The van der Waals surface area contributed by atoms with Crippen molar-refractivity contribution in [2.24, 2.45) is 17.8 Å². The van der Waals surface area contributed by atoms with E-state index in [-0.39, 0.29) is 0 Å². The van der Waals surface area contributed by atoms with Gasteiger partial charge in [0.05, 0.1) is 6.54 Å². The van der Waals surface area contributed by atoms with Crippen LogP contribution in [0.5, 0.6) is 0 Å². The number of fused-ring (bicyclic) bond motifs is 2. The molecule has 0 aromatic carbocycles. The van der Waals surface area contributed by atoms with Gasteiger partial charge in [-0.15, -0.1) is 11.3 Å². The van der Waals surface area contributed by atoms with Gasteiger partial charge >= 0.3 is 0 Å². The van der Waals surface area contributed by atoms with Gasteiger partial charge in [0.25, 0.3) is 0 Å². The third-order valence-electron chi connectivity index (χ3n) is 5.23. The zero-order valence-corrected chi connectivity index (χ0v) is 12.1. The van der Waals surface area contributed by atoms with Crippen LogP contribution in [0.1, 0.15) is 43.4 Å². The molecule has 3 fully saturated rings. The average Bonchev–Trinajstić information content (AvgIpc) is 2.86. The zero-order chi connectivity index (χ0) is 12.8. The molecule has 3 heteroatoms. The highest BCUT2D eigenvalue weighted by Crippen LogP contribution is 2.49. The van der Waals surface area contributed by atoms with Gasteiger partial charge in [0.15, 0.2) is 0 Å². The van der Waals surface area contributed by atoms with Crippen LogP contribution in [-0.2, 0) is 11.3 Å². The van der Waals surface area contributed by atoms with Crippen molar-refractivity contribution in [1.29, 1.82) is 0 Å². The Labute approximate surface area is 118 Å². The lowest BCUT2D eigenvalue weighted by atomic mass is 9.87. The second kappa shape index (κ2) is 4.62. The van der Waals surface area contributed by atoms with Gasteiger partial charge in [0.2, 0.25) is 5.91 Å². The smallest absolute Gasteiger partial charge is 0.226 e. The van der Waals surface area contributed by atoms with Crippen molar-refractivity contribution in [2.45, 2.75) is 51.1 Å². The Bertz CT molecular complexity index is 465. The van der Waals surface area contributed by atoms with Crippen LogP contribution < -0.4 is 0 Å². The van der Waals surface area contributed by atoms with E-state index in [1.165, 1.54) is 43.4 Å². The van der Waals surface area contributed by atoms with E-state index >= 15 is 0 Å². The van der Waals surface area contributed by atoms with Crippen LogP contribution in [0.4, 0.5) is 0 Å². The first-order chi connectivity index (χ1) is 9.31. The molecule has 0 spiro atoms. The third kappa shape index (κ3) is 2.22. The quantitative estimate of drug-likeness (QED) is 0.821. The van der Waals surface area contributed by atoms with Crippen LogP contribution in [0.3, 0.4) is 0 Å². The summed E-state index contributed by atoms with van der Waals surface area (Å²) >= 11 is 1.78. The van der Waals surface area contributed by atoms with Crippen LogP contribution in [0.25, 0.3) is 0 Å². The van der Waals surface area contributed by atoms with Gasteiger partial charge in [-0.3, -0.25) is 4.79 Å². The Balaban J connectivity index is 1.49. The third-order valence-corrected chi connectivity index (χ3v) is 6.09. The van der Waals surface area contributed by atoms with Crippen molar-refractivity contribution in [1.82, 2.24) is 4.90 Å². The summed E-state index contributed by atoms with van der Waals surface area (Å²) in [5.74, 6) is 2.41. The van der Waals surface area contributed by atoms with Crippen LogP contribution in [0.2, 0.25) is 0 Å². The van der Waals surface area contributed by atoms with Crippen molar-refractivity contribution in [3.05, 3.63) is 22.4 Å². The van der Waals surface area contributed by atoms with Crippen LogP contribution in [-0.4, -0.2) is 16.8 Å². The SMILES string of the molecule is O=C(C1CC2CCC1C2)N(Cc1cccs1)C1CC1. The molecule has 1 aromatic heterocycles. The van der Waals surface area contributed by atoms with Crippen molar-refractivity contribution < 1.29 is 4.79 Å². The summed E-state index contributed by atoms with van der Waals surface area (Å²) in [4.78, 5) is 16.4. The van der Waals surface area contributed by atoms with Gasteiger partial charge < -0.3 is 4.90 Å². The summed E-state index contributed by atoms with van der Waals surface area (Å²) in [6.45, 7) is 0.856. The Morgan fingerprint density at radius 1 is 1.26 bits per heavy atom. The molecule has 0 aliphatic heterocycles. The van der Waals surface area contributed by atoms with Gasteiger partial charge in [-0.05, 0) is 55.4 Å². The lowest BCUT2D eigenvalue weighted by Crippen LogP contribution is -2.39. The molecule has 4 rings (SSSR count). The first kappa shape index (κ1) is 12.0. The lowest BCUT2D eigenvalue weighted by Gasteiger charge is -2.29. The number of thiophene rings is 1. The van der Waals surface area contributed by atoms with E-state index in [0.717, 1.165) is 12.5 Å². The minimum atomic E-state index is 0.360. The topological polar surface area (TPSA) is 20.3 Å². The van der Waals surface area contributed by atoms with Gasteiger partial charge in [-0.2, -0.15) is 0 Å². The number of carbonyl (C=O) groups excluding carboxylic acids is 1. The van der Waals surface area contributed by atoms with Crippen molar-refractivity contribution in [3.8, 4) is 0 Å². The highest BCUT2D eigenvalue weighted by atomic mass is 32.1. The second-order valence-corrected chi connectivity index (χ2v) is 7.59. The average molecular weight is 275 g/mol. The molecule has 102 valence electrons. The standard InChI is InChI=1S/C16H21NOS/c18-16(15-9-11-3-4-12(15)8-11)17(13-5-6-13)10-14-2-1-7-19-14/h1-2,7,11-13,15H,3-6,8-10H2. The molecule has 3 atom stereocenters. The molecule has 3 saturated carbocycles. The minimum Gasteiger partial charge on any atom is -0.334 e. The maximum atomic E-state index is 12.9. The van der Waals surface area contributed by atoms with Crippen molar-refractivity contribution in [3.63, 3.8) is 0 Å². The van der Waals surface area contributed by atoms with Crippen LogP contribution in [0.15, 0.2) is 17.5 Å². The first-order valence-electron chi connectivity index (χ1n) is 7.64. The molecule has 1 heterocycles. The fourth-order valence-corrected chi connectivity index (χ4v) is 4.81. The molecule has 2 bridgehead atoms. The van der Waals surface area contributed by atoms with E-state index in [2.05, 4.69) is 22.4 Å². The largest absolute Gasteiger partial charge is 0.334 e. The highest BCUT2D eigenvalue weighted by Gasteiger charge is 2.46. The Hall–Kier alpha value is -0.830. The molecule has 2 nitrogen and oxygen atoms in total. The number of carbonyl (C=O) groups is 1. The predicted octanol–water partition coefficient (Wildman–Crippen LogP) is 3.68. The summed E-state index contributed by atoms with van der Waals surface area (Å²) in [7, 11) is 0. The van der Waals surface area contributed by atoms with Crippen LogP contribution >= 0.6 is 11.3 Å². The zero-order valence-electron chi connectivity index (χ0n) is 11.3. The molecular formula is C16H21NOS. The van der Waals surface area contributed by atoms with Gasteiger partial charge in [0, 0.05) is 16.8 Å². The summed E-state index contributed by atoms with van der Waals surface area (Å²) in [6.07, 6.45) is 7.63. The first-order valence-corrected chi connectivity index (χ1v) is 8.52. The molecule has 0 N–H and O–H groups in total. The molecule has 0 saturated heterocycles. The molecule has 3 aliphatic rings. The number of hydrogen-bond donors (Lipinski definition) is 0. The monoisotopic (exact) mass is 275 g/mol. The second-order valence-electron chi connectivity index (χ2n) is 6.56. The molecule has 1 aromatic rings. The normalized spacial score (nSPS) is 32.7. The summed E-state index contributed by atoms with van der Waals surface area (Å²) < 4.78 is 0. The minimum absolute atomic E-state index is 0.360. The fourth-order valence-electron chi connectivity index (χ4n) is 4.10. The maximum absolute atomic E-state index is 12.9. The molecule has 3 unspecified atom stereocenters. The molecule has 1 amide bonds. The van der Waals surface area contributed by atoms with Crippen LogP contribution in [0, 0.1) is 17.8 Å². The van der Waals surface area contributed by atoms with E-state index in [1.807, 2.05) is 0 Å². The number of rotatable bonds is 4. The van der Waals surface area contributed by atoms with E-state index in [1.54, 1.807) is 11.3 Å². The van der Waals surface area contributed by atoms with Crippen molar-refractivity contribution in [2.75, 3.05) is 0 Å². The number of amides is 1. The molecular weight excluding hydrogens is 254 g/mol. The van der Waals surface area contributed by atoms with E-state index in [4.69, 9.17) is 0 Å². The van der Waals surface area contributed by atoms with E-state index < -0.39 is 0 Å². The summed E-state index contributed by atoms with van der Waals surface area (Å²) in [5, 5.41) is 2.11. The van der Waals surface area contributed by atoms with Gasteiger partial charge in [0.1, 0.15) is 0 Å². The molecule has 0 radical (unpaired) electrons. The highest BCUT2D eigenvalue weighted by molar-refractivity contribution is 7.09. The molecule has 19 heavy (non-hydrogen) atoms. The maximum Gasteiger partial charge on any atom is 0.226 e. The summed E-state index contributed by atoms with van der Waals surface area (Å²) in [6, 6.07) is 4.80. The van der Waals surface area contributed by atoms with E-state index in [9.17, 15) is 4.79 Å². The van der Waals surface area contributed by atoms with E-state index in [0.29, 0.717) is 23.8 Å². The Kier molecular flexibility index (Phi) is 2.91. The Morgan fingerprint density at radius 2 is 2.16 bits per heavy atom. The van der Waals surface area contributed by atoms with Gasteiger partial charge in [-0.1, -0.05) is 12.5 Å². The Morgan fingerprint density at radius 3 is 2.74 bits per heavy atom. The molecule has 3 aliphatic carbocycles. The fraction of sp³-hybridized carbons (Fsp3) is 0.688. The van der Waals surface area contributed by atoms with Gasteiger partial charge in [-0.25, -0.2) is 0 Å². The number of nitrogens with zero attached hydrogens (tertiary/aromatic N) is 1. The predicted molar refractivity (Wildman–Crippen MR) is 76.8 cm³/mol. The van der Waals surface area contributed by atoms with Crippen molar-refractivity contribution >= 4 is 17.2 Å².